The summed E-state index contributed by atoms with van der Waals surface area (Å²) in [5.41, 5.74) is 0. The number of ether oxygens (including phenoxy) is 1. The van der Waals surface area contributed by atoms with Crippen LogP contribution in [0.3, 0.4) is 0 Å². The second kappa shape index (κ2) is 18.7. The van der Waals surface area contributed by atoms with E-state index >= 15 is 0 Å². The van der Waals surface area contributed by atoms with Gasteiger partial charge < -0.3 is 4.74 Å². The fourth-order valence-corrected chi connectivity index (χ4v) is 1.05. The maximum absolute atomic E-state index is 5.28. The fourth-order valence-electron chi connectivity index (χ4n) is 1.05. The van der Waals surface area contributed by atoms with Crippen LogP contribution in [0.1, 0.15) is 72.6 Å². The van der Waals surface area contributed by atoms with Crippen molar-refractivity contribution >= 4 is 0 Å². The zero-order valence-corrected chi connectivity index (χ0v) is 10.8. The van der Waals surface area contributed by atoms with Crippen LogP contribution in [0.5, 0.6) is 0 Å². The van der Waals surface area contributed by atoms with Crippen LogP contribution in [-0.2, 0) is 4.74 Å². The molecule has 0 N–H and O–H groups in total. The number of hydrogen-bond acceptors (Lipinski definition) is 1. The molecule has 0 saturated heterocycles. The van der Waals surface area contributed by atoms with Crippen LogP contribution in [0.4, 0.5) is 0 Å². The highest BCUT2D eigenvalue weighted by Gasteiger charge is 1.84. The molecule has 0 aromatic rings. The van der Waals surface area contributed by atoms with Crippen molar-refractivity contribution in [3.8, 4) is 0 Å². The molecule has 14 heavy (non-hydrogen) atoms. The molecule has 0 fully saturated rings. The zero-order chi connectivity index (χ0) is 11.1. The van der Waals surface area contributed by atoms with Gasteiger partial charge in [-0.15, -0.1) is 0 Å². The molecule has 0 aromatic heterocycles. The molecule has 1 heteroatoms. The predicted molar refractivity (Wildman–Crippen MR) is 65.8 cm³/mol. The Hall–Kier alpha value is -0.0400. The molecule has 0 aliphatic heterocycles. The van der Waals surface area contributed by atoms with Crippen molar-refractivity contribution in [3.63, 3.8) is 0 Å². The summed E-state index contributed by atoms with van der Waals surface area (Å²) >= 11 is 0. The smallest absolute Gasteiger partial charge is 0.0466 e. The standard InChI is InChI=1S/C8H18O.C5H12/c1-3-5-6-8-9-7-4-2;1-3-5-4-2/h3-8H2,1-2H3;3-5H2,1-2H3. The minimum absolute atomic E-state index is 0.934. The summed E-state index contributed by atoms with van der Waals surface area (Å²) in [6, 6.07) is 0. The molecule has 0 bridgehead atoms. The first-order valence-corrected chi connectivity index (χ1v) is 6.41. The lowest BCUT2D eigenvalue weighted by Crippen LogP contribution is -1.94. The van der Waals surface area contributed by atoms with Gasteiger partial charge in [-0.2, -0.15) is 0 Å². The molecule has 1 nitrogen and oxygen atoms in total. The normalized spacial score (nSPS) is 9.43. The molecule has 0 unspecified atom stereocenters. The Balaban J connectivity index is 0. The lowest BCUT2D eigenvalue weighted by Gasteiger charge is -1.99. The molecular formula is C13H30O. The van der Waals surface area contributed by atoms with Crippen LogP contribution < -0.4 is 0 Å². The van der Waals surface area contributed by atoms with Crippen LogP contribution in [0.25, 0.3) is 0 Å². The van der Waals surface area contributed by atoms with Crippen LogP contribution in [0, 0.1) is 0 Å². The van der Waals surface area contributed by atoms with Gasteiger partial charge in [-0.25, -0.2) is 0 Å². The Labute approximate surface area is 91.2 Å². The van der Waals surface area contributed by atoms with Crippen molar-refractivity contribution in [3.05, 3.63) is 0 Å². The third-order valence-electron chi connectivity index (χ3n) is 1.95. The van der Waals surface area contributed by atoms with Crippen LogP contribution in [-0.4, -0.2) is 13.2 Å². The molecule has 0 aromatic carbocycles. The molecular weight excluding hydrogens is 172 g/mol. The van der Waals surface area contributed by atoms with Gasteiger partial charge in [-0.05, 0) is 12.8 Å². The molecule has 0 amide bonds. The van der Waals surface area contributed by atoms with E-state index in [1.807, 2.05) is 0 Å². The van der Waals surface area contributed by atoms with Crippen molar-refractivity contribution in [1.82, 2.24) is 0 Å². The van der Waals surface area contributed by atoms with Crippen LogP contribution >= 0.6 is 0 Å². The largest absolute Gasteiger partial charge is 0.381 e. The SMILES string of the molecule is CCCCC.CCCCCOCCC. The van der Waals surface area contributed by atoms with Gasteiger partial charge in [0.05, 0.1) is 0 Å². The quantitative estimate of drug-likeness (QED) is 0.514. The Bertz CT molecular complexity index is 63.6. The Morgan fingerprint density at radius 2 is 1.14 bits per heavy atom. The Morgan fingerprint density at radius 1 is 0.571 bits per heavy atom. The zero-order valence-electron chi connectivity index (χ0n) is 10.8. The third kappa shape index (κ3) is 22.7. The molecule has 0 aliphatic carbocycles. The van der Waals surface area contributed by atoms with Crippen molar-refractivity contribution in [2.45, 2.75) is 72.6 Å². The molecule has 0 radical (unpaired) electrons. The first-order chi connectivity index (χ1) is 6.83. The van der Waals surface area contributed by atoms with Gasteiger partial charge in [0.1, 0.15) is 0 Å². The van der Waals surface area contributed by atoms with Gasteiger partial charge in [-0.3, -0.25) is 0 Å². The van der Waals surface area contributed by atoms with Gasteiger partial charge in [0.15, 0.2) is 0 Å². The van der Waals surface area contributed by atoms with E-state index in [1.165, 1.54) is 38.5 Å². The van der Waals surface area contributed by atoms with Gasteiger partial charge >= 0.3 is 0 Å². The molecule has 0 aliphatic rings. The van der Waals surface area contributed by atoms with E-state index in [4.69, 9.17) is 4.74 Å². The topological polar surface area (TPSA) is 9.23 Å². The first-order valence-electron chi connectivity index (χ1n) is 6.41. The van der Waals surface area contributed by atoms with E-state index in [-0.39, 0.29) is 0 Å². The molecule has 0 heterocycles. The van der Waals surface area contributed by atoms with Gasteiger partial charge in [0.25, 0.3) is 0 Å². The van der Waals surface area contributed by atoms with E-state index in [9.17, 15) is 0 Å². The van der Waals surface area contributed by atoms with Gasteiger partial charge in [0, 0.05) is 13.2 Å². The summed E-state index contributed by atoms with van der Waals surface area (Å²) in [7, 11) is 0. The summed E-state index contributed by atoms with van der Waals surface area (Å²) in [4.78, 5) is 0. The van der Waals surface area contributed by atoms with Crippen LogP contribution in [0.15, 0.2) is 0 Å². The second-order valence-electron chi connectivity index (χ2n) is 3.67. The van der Waals surface area contributed by atoms with Crippen LogP contribution in [0.2, 0.25) is 0 Å². The lowest BCUT2D eigenvalue weighted by molar-refractivity contribution is 0.131. The van der Waals surface area contributed by atoms with E-state index in [0.29, 0.717) is 0 Å². The Morgan fingerprint density at radius 3 is 1.50 bits per heavy atom. The van der Waals surface area contributed by atoms with E-state index < -0.39 is 0 Å². The van der Waals surface area contributed by atoms with Crippen molar-refractivity contribution < 1.29 is 4.74 Å². The molecule has 0 spiro atoms. The predicted octanol–water partition coefficient (Wildman–Crippen LogP) is 4.80. The number of hydrogen-bond donors (Lipinski definition) is 0. The van der Waals surface area contributed by atoms with E-state index in [2.05, 4.69) is 27.7 Å². The van der Waals surface area contributed by atoms with Gasteiger partial charge in [-0.1, -0.05) is 59.8 Å². The third-order valence-corrected chi connectivity index (χ3v) is 1.95. The van der Waals surface area contributed by atoms with Crippen molar-refractivity contribution in [2.24, 2.45) is 0 Å². The summed E-state index contributed by atoms with van der Waals surface area (Å²) < 4.78 is 5.28. The summed E-state index contributed by atoms with van der Waals surface area (Å²) in [6.07, 6.45) is 9.05. The maximum Gasteiger partial charge on any atom is 0.0466 e. The average Bonchev–Trinajstić information content (AvgIpc) is 2.20. The monoisotopic (exact) mass is 202 g/mol. The number of unbranched alkanes of at least 4 members (excludes halogenated alkanes) is 4. The highest BCUT2D eigenvalue weighted by atomic mass is 16.5. The lowest BCUT2D eigenvalue weighted by atomic mass is 10.3. The van der Waals surface area contributed by atoms with E-state index in [1.54, 1.807) is 0 Å². The summed E-state index contributed by atoms with van der Waals surface area (Å²) in [5.74, 6) is 0. The van der Waals surface area contributed by atoms with Crippen molar-refractivity contribution in [2.75, 3.05) is 13.2 Å². The number of rotatable bonds is 8. The van der Waals surface area contributed by atoms with E-state index in [0.717, 1.165) is 19.6 Å². The minimum Gasteiger partial charge on any atom is -0.381 e. The molecule has 88 valence electrons. The Kier molecular flexibility index (Phi) is 21.9. The fraction of sp³-hybridized carbons (Fsp3) is 1.00. The molecule has 0 atom stereocenters. The summed E-state index contributed by atoms with van der Waals surface area (Å²) in [5, 5.41) is 0. The summed E-state index contributed by atoms with van der Waals surface area (Å²) in [6.45, 7) is 10.7. The second-order valence-corrected chi connectivity index (χ2v) is 3.67. The molecule has 0 saturated carbocycles. The maximum atomic E-state index is 5.28. The first kappa shape index (κ1) is 16.4. The van der Waals surface area contributed by atoms with Gasteiger partial charge in [0.2, 0.25) is 0 Å². The molecule has 0 rings (SSSR count). The highest BCUT2D eigenvalue weighted by Crippen LogP contribution is 1.94. The van der Waals surface area contributed by atoms with Crippen molar-refractivity contribution in [1.29, 1.82) is 0 Å². The highest BCUT2D eigenvalue weighted by molar-refractivity contribution is 4.35. The average molecular weight is 202 g/mol. The minimum atomic E-state index is 0.934.